The second kappa shape index (κ2) is 13.0. The van der Waals surface area contributed by atoms with Gasteiger partial charge in [-0.25, -0.2) is 15.3 Å². The van der Waals surface area contributed by atoms with E-state index in [0.717, 1.165) is 31.5 Å². The van der Waals surface area contributed by atoms with Crippen molar-refractivity contribution in [3.05, 3.63) is 94.5 Å². The van der Waals surface area contributed by atoms with Gasteiger partial charge in [-0.05, 0) is 61.7 Å². The fourth-order valence-corrected chi connectivity index (χ4v) is 5.08. The van der Waals surface area contributed by atoms with E-state index in [2.05, 4.69) is 15.4 Å². The number of fused-ring (bicyclic) bond motifs is 1. The number of hydroxylamine groups is 1. The number of aryl methyl sites for hydroxylation is 1. The van der Waals surface area contributed by atoms with Crippen LogP contribution in [0.25, 0.3) is 10.9 Å². The van der Waals surface area contributed by atoms with Crippen LogP contribution < -0.4 is 5.48 Å². The molecule has 10 heteroatoms. The number of nitrogens with zero attached hydrogens (tertiary/aromatic N) is 2. The van der Waals surface area contributed by atoms with Crippen LogP contribution in [0.3, 0.4) is 0 Å². The fourth-order valence-electron chi connectivity index (χ4n) is 5.08. The smallest absolute Gasteiger partial charge is 0.338 e. The molecule has 1 aliphatic heterocycles. The van der Waals surface area contributed by atoms with Gasteiger partial charge in [-0.3, -0.25) is 9.63 Å². The summed E-state index contributed by atoms with van der Waals surface area (Å²) >= 11 is 0. The highest BCUT2D eigenvalue weighted by atomic mass is 16.7. The third kappa shape index (κ3) is 6.52. The number of aromatic nitrogens is 1. The predicted octanol–water partition coefficient (Wildman–Crippen LogP) is 4.26. The van der Waals surface area contributed by atoms with Crippen molar-refractivity contribution in [1.29, 1.82) is 0 Å². The highest BCUT2D eigenvalue weighted by Crippen LogP contribution is 2.33. The van der Waals surface area contributed by atoms with E-state index in [1.54, 1.807) is 30.3 Å². The summed E-state index contributed by atoms with van der Waals surface area (Å²) in [5, 5.41) is 21.3. The summed E-state index contributed by atoms with van der Waals surface area (Å²) in [6.45, 7) is 4.46. The number of aliphatic hydroxyl groups is 1. The zero-order chi connectivity index (χ0) is 29.6. The third-order valence-corrected chi connectivity index (χ3v) is 7.42. The Morgan fingerprint density at radius 1 is 1.05 bits per heavy atom. The summed E-state index contributed by atoms with van der Waals surface area (Å²) in [4.78, 5) is 40.3. The number of amides is 1. The van der Waals surface area contributed by atoms with Crippen LogP contribution in [0.5, 0.6) is 5.88 Å². The first-order valence-corrected chi connectivity index (χ1v) is 13.8. The molecule has 0 atom stereocenters. The number of H-pyrrole nitrogens is 1. The number of nitrogens with one attached hydrogen (secondary N) is 2. The molecule has 1 saturated heterocycles. The van der Waals surface area contributed by atoms with Gasteiger partial charge in [0.25, 0.3) is 5.91 Å². The molecule has 0 saturated carbocycles. The van der Waals surface area contributed by atoms with Gasteiger partial charge in [0.15, 0.2) is 5.88 Å². The molecule has 5 rings (SSSR count). The lowest BCUT2D eigenvalue weighted by Crippen LogP contribution is -2.38. The molecule has 218 valence electrons. The van der Waals surface area contributed by atoms with Crippen molar-refractivity contribution in [1.82, 2.24) is 15.4 Å². The summed E-state index contributed by atoms with van der Waals surface area (Å²) in [6, 6.07) is 19.7. The molecule has 2 heterocycles. The predicted molar refractivity (Wildman–Crippen MR) is 159 cm³/mol. The maximum atomic E-state index is 12.6. The van der Waals surface area contributed by atoms with Crippen LogP contribution in [0.15, 0.2) is 71.7 Å². The number of likely N-dealkylation sites (tertiary alicyclic amines) is 1. The zero-order valence-corrected chi connectivity index (χ0v) is 23.6. The third-order valence-electron chi connectivity index (χ3n) is 7.42. The minimum absolute atomic E-state index is 0.0807. The average Bonchev–Trinajstić information content (AvgIpc) is 3.32. The molecule has 0 aliphatic carbocycles. The minimum atomic E-state index is -0.459. The van der Waals surface area contributed by atoms with Gasteiger partial charge >= 0.3 is 5.97 Å². The van der Waals surface area contributed by atoms with E-state index in [9.17, 15) is 19.8 Å². The lowest BCUT2D eigenvalue weighted by atomic mass is 9.98. The molecular formula is C32H34N4O6. The largest absolute Gasteiger partial charge is 0.494 e. The number of aromatic hydroxyl groups is 1. The number of esters is 1. The van der Waals surface area contributed by atoms with Gasteiger partial charge in [-0.15, -0.1) is 0 Å². The SMILES string of the molecule is COC(=O)c1cc2[nH]c(O)c(C(=Nc3ccc(C(=O)NOCCN4CCC(O)CC4)cc3)c3ccccc3)c2cc1C. The monoisotopic (exact) mass is 570 g/mol. The second-order valence-corrected chi connectivity index (χ2v) is 10.3. The Labute approximate surface area is 243 Å². The molecule has 10 nitrogen and oxygen atoms in total. The zero-order valence-electron chi connectivity index (χ0n) is 23.6. The first-order valence-electron chi connectivity index (χ1n) is 13.8. The van der Waals surface area contributed by atoms with Crippen molar-refractivity contribution in [3.63, 3.8) is 0 Å². The Kier molecular flexibility index (Phi) is 8.97. The quantitative estimate of drug-likeness (QED) is 0.102. The van der Waals surface area contributed by atoms with Gasteiger partial charge in [-0.2, -0.15) is 0 Å². The van der Waals surface area contributed by atoms with Crippen LogP contribution in [0, 0.1) is 6.92 Å². The number of aromatic amines is 1. The number of carbonyl (C=O) groups excluding carboxylic acids is 2. The van der Waals surface area contributed by atoms with E-state index in [-0.39, 0.29) is 17.9 Å². The molecule has 4 N–H and O–H groups in total. The number of rotatable bonds is 9. The molecule has 0 radical (unpaired) electrons. The van der Waals surface area contributed by atoms with E-state index in [1.807, 2.05) is 43.3 Å². The van der Waals surface area contributed by atoms with Crippen LogP contribution in [0.1, 0.15) is 50.2 Å². The number of benzene rings is 3. The standard InChI is InChI=1S/C32H34N4O6/c1-20-18-26-27(19-25(20)32(40)41-2)34-31(39)28(26)29(21-6-4-3-5-7-21)33-23-10-8-22(9-11-23)30(38)35-42-17-16-36-14-12-24(37)13-15-36/h3-11,18-19,24,34,37,39H,12-17H2,1-2H3,(H,35,38). The van der Waals surface area contributed by atoms with Crippen LogP contribution >= 0.6 is 0 Å². The summed E-state index contributed by atoms with van der Waals surface area (Å²) < 4.78 is 4.90. The van der Waals surface area contributed by atoms with Gasteiger partial charge in [0.2, 0.25) is 0 Å². The summed E-state index contributed by atoms with van der Waals surface area (Å²) in [6.07, 6.45) is 1.28. The molecule has 1 aromatic heterocycles. The molecule has 1 aliphatic rings. The first-order chi connectivity index (χ1) is 20.3. The first kappa shape index (κ1) is 29.0. The van der Waals surface area contributed by atoms with Crippen molar-refractivity contribution in [2.45, 2.75) is 25.9 Å². The Morgan fingerprint density at radius 3 is 2.45 bits per heavy atom. The topological polar surface area (TPSA) is 136 Å². The number of methoxy groups -OCH3 is 1. The van der Waals surface area contributed by atoms with Crippen molar-refractivity contribution < 1.29 is 29.4 Å². The fraction of sp³-hybridized carbons (Fsp3) is 0.281. The Morgan fingerprint density at radius 2 is 1.76 bits per heavy atom. The number of ether oxygens (including phenoxy) is 1. The van der Waals surface area contributed by atoms with Crippen molar-refractivity contribution >= 4 is 34.2 Å². The van der Waals surface area contributed by atoms with E-state index in [1.165, 1.54) is 7.11 Å². The van der Waals surface area contributed by atoms with Gasteiger partial charge in [0, 0.05) is 41.7 Å². The van der Waals surface area contributed by atoms with Crippen LogP contribution in [0.2, 0.25) is 0 Å². The molecular weight excluding hydrogens is 536 g/mol. The van der Waals surface area contributed by atoms with Crippen LogP contribution in [-0.2, 0) is 9.57 Å². The minimum Gasteiger partial charge on any atom is -0.494 e. The van der Waals surface area contributed by atoms with E-state index in [0.29, 0.717) is 57.7 Å². The van der Waals surface area contributed by atoms with Crippen molar-refractivity contribution in [2.24, 2.45) is 4.99 Å². The van der Waals surface area contributed by atoms with Crippen molar-refractivity contribution in [2.75, 3.05) is 33.4 Å². The second-order valence-electron chi connectivity index (χ2n) is 10.3. The number of carbonyl (C=O) groups is 2. The highest BCUT2D eigenvalue weighted by Gasteiger charge is 2.21. The van der Waals surface area contributed by atoms with Gasteiger partial charge in [0.05, 0.1) is 42.3 Å². The van der Waals surface area contributed by atoms with Crippen LogP contribution in [0.4, 0.5) is 5.69 Å². The van der Waals surface area contributed by atoms with E-state index >= 15 is 0 Å². The van der Waals surface area contributed by atoms with Crippen LogP contribution in [-0.4, -0.2) is 77.1 Å². The lowest BCUT2D eigenvalue weighted by molar-refractivity contribution is 0.0132. The molecule has 4 aromatic rings. The van der Waals surface area contributed by atoms with Gasteiger partial charge in [0.1, 0.15) is 0 Å². The number of aliphatic imine (C=N–C) groups is 1. The van der Waals surface area contributed by atoms with Gasteiger partial charge in [-0.1, -0.05) is 30.3 Å². The number of hydrogen-bond acceptors (Lipinski definition) is 8. The Balaban J connectivity index is 1.36. The summed E-state index contributed by atoms with van der Waals surface area (Å²) in [5.74, 6) is -0.906. The number of hydrogen-bond donors (Lipinski definition) is 4. The number of aliphatic hydroxyl groups excluding tert-OH is 1. The summed E-state index contributed by atoms with van der Waals surface area (Å²) in [5.41, 5.74) is 6.95. The Hall–Kier alpha value is -4.51. The highest BCUT2D eigenvalue weighted by molar-refractivity contribution is 6.22. The lowest BCUT2D eigenvalue weighted by Gasteiger charge is -2.29. The molecule has 42 heavy (non-hydrogen) atoms. The van der Waals surface area contributed by atoms with E-state index < -0.39 is 5.97 Å². The molecule has 1 fully saturated rings. The molecule has 0 bridgehead atoms. The molecule has 0 unspecified atom stereocenters. The maximum absolute atomic E-state index is 12.6. The van der Waals surface area contributed by atoms with E-state index in [4.69, 9.17) is 14.6 Å². The molecule has 3 aromatic carbocycles. The Bertz CT molecular complexity index is 1590. The summed E-state index contributed by atoms with van der Waals surface area (Å²) in [7, 11) is 1.33. The molecule has 0 spiro atoms. The van der Waals surface area contributed by atoms with Crippen molar-refractivity contribution in [3.8, 4) is 5.88 Å². The average molecular weight is 571 g/mol. The normalized spacial score (nSPS) is 14.7. The maximum Gasteiger partial charge on any atom is 0.338 e. The van der Waals surface area contributed by atoms with Gasteiger partial charge < -0.3 is 24.8 Å². The molecule has 1 amide bonds. The number of piperidine rings is 1.